The van der Waals surface area contributed by atoms with Gasteiger partial charge in [0.1, 0.15) is 0 Å². The molecule has 2 N–H and O–H groups in total. The standard InChI is InChI=1S/C10H20N2O/c1-8(2)4-3-5-9-6-12-10(13)7-11-9/h8-9,11H,3-7H2,1-2H3,(H,12,13). The minimum atomic E-state index is 0.125. The van der Waals surface area contributed by atoms with E-state index in [0.29, 0.717) is 12.6 Å². The first-order valence-electron chi connectivity index (χ1n) is 5.18. The summed E-state index contributed by atoms with van der Waals surface area (Å²) in [5, 5.41) is 6.10. The fourth-order valence-electron chi connectivity index (χ4n) is 1.59. The predicted octanol–water partition coefficient (Wildman–Crippen LogP) is 0.901. The third kappa shape index (κ3) is 4.27. The smallest absolute Gasteiger partial charge is 0.234 e. The van der Waals surface area contributed by atoms with Gasteiger partial charge >= 0.3 is 0 Å². The van der Waals surface area contributed by atoms with Crippen molar-refractivity contribution in [3.05, 3.63) is 0 Å². The predicted molar refractivity (Wildman–Crippen MR) is 53.5 cm³/mol. The minimum absolute atomic E-state index is 0.125. The summed E-state index contributed by atoms with van der Waals surface area (Å²) < 4.78 is 0. The van der Waals surface area contributed by atoms with Crippen molar-refractivity contribution >= 4 is 5.91 Å². The fourth-order valence-corrected chi connectivity index (χ4v) is 1.59. The van der Waals surface area contributed by atoms with Gasteiger partial charge in [-0.15, -0.1) is 0 Å². The molecule has 3 nitrogen and oxygen atoms in total. The summed E-state index contributed by atoms with van der Waals surface area (Å²) in [4.78, 5) is 10.8. The van der Waals surface area contributed by atoms with Crippen LogP contribution in [0, 0.1) is 5.92 Å². The van der Waals surface area contributed by atoms with Crippen molar-refractivity contribution < 1.29 is 4.79 Å². The van der Waals surface area contributed by atoms with Gasteiger partial charge in [-0.05, 0) is 12.3 Å². The molecule has 3 heteroatoms. The lowest BCUT2D eigenvalue weighted by Crippen LogP contribution is -2.51. The molecule has 76 valence electrons. The van der Waals surface area contributed by atoms with E-state index < -0.39 is 0 Å². The monoisotopic (exact) mass is 184 g/mol. The highest BCUT2D eigenvalue weighted by molar-refractivity contribution is 5.78. The average molecular weight is 184 g/mol. The Labute approximate surface area is 80.3 Å². The first-order valence-corrected chi connectivity index (χ1v) is 5.18. The second kappa shape index (κ2) is 5.22. The zero-order valence-electron chi connectivity index (χ0n) is 8.60. The number of carbonyl (C=O) groups excluding carboxylic acids is 1. The Bertz CT molecular complexity index is 158. The number of piperazine rings is 1. The number of carbonyl (C=O) groups is 1. The maximum atomic E-state index is 10.8. The van der Waals surface area contributed by atoms with Gasteiger partial charge in [0.05, 0.1) is 6.54 Å². The molecule has 0 spiro atoms. The van der Waals surface area contributed by atoms with Crippen LogP contribution in [0.1, 0.15) is 33.1 Å². The molecule has 1 heterocycles. The highest BCUT2D eigenvalue weighted by Crippen LogP contribution is 2.08. The maximum Gasteiger partial charge on any atom is 0.234 e. The normalized spacial score (nSPS) is 23.3. The summed E-state index contributed by atoms with van der Waals surface area (Å²) in [5.41, 5.74) is 0. The molecule has 0 aromatic rings. The van der Waals surface area contributed by atoms with E-state index in [4.69, 9.17) is 0 Å². The van der Waals surface area contributed by atoms with E-state index in [2.05, 4.69) is 24.5 Å². The van der Waals surface area contributed by atoms with Crippen molar-refractivity contribution in [1.82, 2.24) is 10.6 Å². The summed E-state index contributed by atoms with van der Waals surface area (Å²) in [6, 6.07) is 0.497. The van der Waals surface area contributed by atoms with Crippen LogP contribution in [0.3, 0.4) is 0 Å². The molecule has 1 atom stereocenters. The third-order valence-corrected chi connectivity index (χ3v) is 2.43. The van der Waals surface area contributed by atoms with Gasteiger partial charge in [0.25, 0.3) is 0 Å². The van der Waals surface area contributed by atoms with Crippen LogP contribution in [0.4, 0.5) is 0 Å². The second-order valence-corrected chi connectivity index (χ2v) is 4.21. The number of rotatable bonds is 4. The lowest BCUT2D eigenvalue weighted by Gasteiger charge is -2.24. The summed E-state index contributed by atoms with van der Waals surface area (Å²) in [7, 11) is 0. The highest BCUT2D eigenvalue weighted by atomic mass is 16.2. The molecule has 1 saturated heterocycles. The topological polar surface area (TPSA) is 41.1 Å². The van der Waals surface area contributed by atoms with Crippen LogP contribution in [0.2, 0.25) is 0 Å². The second-order valence-electron chi connectivity index (χ2n) is 4.21. The molecule has 1 aliphatic heterocycles. The van der Waals surface area contributed by atoms with Gasteiger partial charge in [0, 0.05) is 12.6 Å². The van der Waals surface area contributed by atoms with Crippen molar-refractivity contribution in [2.75, 3.05) is 13.1 Å². The maximum absolute atomic E-state index is 10.8. The van der Waals surface area contributed by atoms with E-state index in [1.807, 2.05) is 0 Å². The van der Waals surface area contributed by atoms with Crippen LogP contribution in [0.5, 0.6) is 0 Å². The molecular weight excluding hydrogens is 164 g/mol. The van der Waals surface area contributed by atoms with E-state index >= 15 is 0 Å². The Hall–Kier alpha value is -0.570. The Morgan fingerprint density at radius 2 is 2.31 bits per heavy atom. The van der Waals surface area contributed by atoms with Gasteiger partial charge in [-0.25, -0.2) is 0 Å². The Morgan fingerprint density at radius 3 is 2.85 bits per heavy atom. The van der Waals surface area contributed by atoms with Crippen LogP contribution in [-0.2, 0) is 4.79 Å². The molecule has 13 heavy (non-hydrogen) atoms. The summed E-state index contributed by atoms with van der Waals surface area (Å²) >= 11 is 0. The van der Waals surface area contributed by atoms with Gasteiger partial charge < -0.3 is 10.6 Å². The molecule has 1 unspecified atom stereocenters. The van der Waals surface area contributed by atoms with Gasteiger partial charge in [-0.2, -0.15) is 0 Å². The molecule has 0 aliphatic carbocycles. The molecule has 1 amide bonds. The van der Waals surface area contributed by atoms with Crippen LogP contribution in [0.15, 0.2) is 0 Å². The molecule has 0 radical (unpaired) electrons. The van der Waals surface area contributed by atoms with Crippen molar-refractivity contribution in [3.63, 3.8) is 0 Å². The summed E-state index contributed by atoms with van der Waals surface area (Å²) in [6.07, 6.45) is 3.72. The van der Waals surface area contributed by atoms with Crippen LogP contribution >= 0.6 is 0 Å². The van der Waals surface area contributed by atoms with Gasteiger partial charge in [-0.3, -0.25) is 4.79 Å². The van der Waals surface area contributed by atoms with Crippen LogP contribution in [0.25, 0.3) is 0 Å². The van der Waals surface area contributed by atoms with Crippen molar-refractivity contribution in [3.8, 4) is 0 Å². The Balaban J connectivity index is 2.05. The van der Waals surface area contributed by atoms with Crippen molar-refractivity contribution in [2.45, 2.75) is 39.2 Å². The molecule has 1 rings (SSSR count). The molecule has 0 aromatic heterocycles. The fraction of sp³-hybridized carbons (Fsp3) is 0.900. The molecule has 1 aliphatic rings. The van der Waals surface area contributed by atoms with Gasteiger partial charge in [0.15, 0.2) is 0 Å². The highest BCUT2D eigenvalue weighted by Gasteiger charge is 2.15. The minimum Gasteiger partial charge on any atom is -0.353 e. The largest absolute Gasteiger partial charge is 0.353 e. The summed E-state index contributed by atoms with van der Waals surface area (Å²) in [6.45, 7) is 5.79. The SMILES string of the molecule is CC(C)CCCC1CNC(=O)CN1. The first-order chi connectivity index (χ1) is 6.18. The lowest BCUT2D eigenvalue weighted by molar-refractivity contribution is -0.121. The zero-order chi connectivity index (χ0) is 9.68. The molecular formula is C10H20N2O. The van der Waals surface area contributed by atoms with E-state index in [1.165, 1.54) is 19.3 Å². The van der Waals surface area contributed by atoms with Crippen LogP contribution in [-0.4, -0.2) is 25.0 Å². The van der Waals surface area contributed by atoms with E-state index in [9.17, 15) is 4.79 Å². The number of amides is 1. The van der Waals surface area contributed by atoms with Crippen LogP contribution < -0.4 is 10.6 Å². The van der Waals surface area contributed by atoms with Crippen molar-refractivity contribution in [1.29, 1.82) is 0 Å². The molecule has 1 fully saturated rings. The third-order valence-electron chi connectivity index (χ3n) is 2.43. The quantitative estimate of drug-likeness (QED) is 0.681. The molecule has 0 bridgehead atoms. The first kappa shape index (κ1) is 10.5. The van der Waals surface area contributed by atoms with Gasteiger partial charge in [0.2, 0.25) is 5.91 Å². The van der Waals surface area contributed by atoms with Gasteiger partial charge in [-0.1, -0.05) is 26.7 Å². The number of nitrogens with one attached hydrogen (secondary N) is 2. The lowest BCUT2D eigenvalue weighted by atomic mass is 10.0. The Morgan fingerprint density at radius 1 is 1.54 bits per heavy atom. The van der Waals surface area contributed by atoms with E-state index in [0.717, 1.165) is 12.5 Å². The zero-order valence-corrected chi connectivity index (χ0v) is 8.60. The molecule has 0 aromatic carbocycles. The van der Waals surface area contributed by atoms with E-state index in [-0.39, 0.29) is 5.91 Å². The summed E-state index contributed by atoms with van der Waals surface area (Å²) in [5.74, 6) is 0.915. The molecule has 0 saturated carbocycles. The van der Waals surface area contributed by atoms with E-state index in [1.54, 1.807) is 0 Å². The number of hydrogen-bond acceptors (Lipinski definition) is 2. The number of hydrogen-bond donors (Lipinski definition) is 2. The Kier molecular flexibility index (Phi) is 4.22. The average Bonchev–Trinajstić information content (AvgIpc) is 2.08. The van der Waals surface area contributed by atoms with Crippen molar-refractivity contribution in [2.24, 2.45) is 5.92 Å².